The van der Waals surface area contributed by atoms with Crippen LogP contribution in [0.15, 0.2) is 16.7 Å². The van der Waals surface area contributed by atoms with Gasteiger partial charge in [0.25, 0.3) is 0 Å². The minimum atomic E-state index is 0.591. The fourth-order valence-electron chi connectivity index (χ4n) is 3.80. The molecular weight excluding hydrogens is 224 g/mol. The van der Waals surface area contributed by atoms with Crippen molar-refractivity contribution in [2.45, 2.75) is 57.7 Å². The molecule has 0 radical (unpaired) electrons. The molecule has 3 rings (SSSR count). The van der Waals surface area contributed by atoms with Gasteiger partial charge in [0.05, 0.1) is 12.8 Å². The van der Waals surface area contributed by atoms with E-state index in [1.807, 2.05) is 6.07 Å². The Kier molecular flexibility index (Phi) is 3.71. The molecule has 100 valence electrons. The summed E-state index contributed by atoms with van der Waals surface area (Å²) >= 11 is 0. The quantitative estimate of drug-likeness (QED) is 0.891. The van der Waals surface area contributed by atoms with Crippen LogP contribution in [0.2, 0.25) is 0 Å². The lowest BCUT2D eigenvalue weighted by atomic mass is 9.96. The zero-order valence-corrected chi connectivity index (χ0v) is 11.1. The molecule has 2 heterocycles. The summed E-state index contributed by atoms with van der Waals surface area (Å²) in [7, 11) is 0. The minimum Gasteiger partial charge on any atom is -0.468 e. The van der Waals surface area contributed by atoms with E-state index in [0.29, 0.717) is 6.54 Å². The molecule has 2 N–H and O–H groups in total. The lowest BCUT2D eigenvalue weighted by molar-refractivity contribution is 0.170. The van der Waals surface area contributed by atoms with Gasteiger partial charge in [-0.3, -0.25) is 4.90 Å². The highest BCUT2D eigenvalue weighted by Gasteiger charge is 2.33. The molecule has 1 unspecified atom stereocenters. The number of nitrogens with two attached hydrogens (primary N) is 1. The molecule has 1 aromatic rings. The monoisotopic (exact) mass is 248 g/mol. The summed E-state index contributed by atoms with van der Waals surface area (Å²) in [4.78, 5) is 2.63. The van der Waals surface area contributed by atoms with Gasteiger partial charge in [0.15, 0.2) is 0 Å². The van der Waals surface area contributed by atoms with E-state index in [1.165, 1.54) is 50.6 Å². The number of furan rings is 1. The predicted molar refractivity (Wildman–Crippen MR) is 72.0 cm³/mol. The van der Waals surface area contributed by atoms with E-state index in [1.54, 1.807) is 6.26 Å². The molecule has 18 heavy (non-hydrogen) atoms. The smallest absolute Gasteiger partial charge is 0.122 e. The summed E-state index contributed by atoms with van der Waals surface area (Å²) in [6, 6.07) is 2.80. The highest BCUT2D eigenvalue weighted by atomic mass is 16.3. The van der Waals surface area contributed by atoms with Crippen molar-refractivity contribution in [1.29, 1.82) is 0 Å². The Labute approximate surface area is 109 Å². The SMILES string of the molecule is NCc1ccoc1CN1CCCC1C1CCCC1. The first-order chi connectivity index (χ1) is 8.88. The van der Waals surface area contributed by atoms with Gasteiger partial charge in [-0.25, -0.2) is 0 Å². The van der Waals surface area contributed by atoms with Gasteiger partial charge in [0.1, 0.15) is 5.76 Å². The van der Waals surface area contributed by atoms with Crippen molar-refractivity contribution in [2.75, 3.05) is 6.54 Å². The lowest BCUT2D eigenvalue weighted by Gasteiger charge is -2.28. The van der Waals surface area contributed by atoms with E-state index in [9.17, 15) is 0 Å². The zero-order chi connectivity index (χ0) is 12.4. The van der Waals surface area contributed by atoms with E-state index in [0.717, 1.165) is 24.3 Å². The van der Waals surface area contributed by atoms with Gasteiger partial charge >= 0.3 is 0 Å². The van der Waals surface area contributed by atoms with Gasteiger partial charge in [-0.05, 0) is 44.2 Å². The average molecular weight is 248 g/mol. The number of nitrogens with zero attached hydrogens (tertiary/aromatic N) is 1. The summed E-state index contributed by atoms with van der Waals surface area (Å²) in [6.45, 7) is 2.78. The fourth-order valence-corrected chi connectivity index (χ4v) is 3.80. The van der Waals surface area contributed by atoms with Crippen LogP contribution in [0.3, 0.4) is 0 Å². The van der Waals surface area contributed by atoms with Crippen LogP contribution >= 0.6 is 0 Å². The first-order valence-electron chi connectivity index (χ1n) is 7.38. The third kappa shape index (κ3) is 2.34. The Balaban J connectivity index is 1.67. The molecule has 0 bridgehead atoms. The zero-order valence-electron chi connectivity index (χ0n) is 11.1. The normalized spacial score (nSPS) is 26.2. The fraction of sp³-hybridized carbons (Fsp3) is 0.733. The highest BCUT2D eigenvalue weighted by Crippen LogP contribution is 2.36. The van der Waals surface area contributed by atoms with Crippen LogP contribution in [-0.4, -0.2) is 17.5 Å². The second kappa shape index (κ2) is 5.45. The van der Waals surface area contributed by atoms with Gasteiger partial charge in [-0.1, -0.05) is 12.8 Å². The maximum absolute atomic E-state index is 5.75. The Morgan fingerprint density at radius 2 is 2.06 bits per heavy atom. The molecule has 1 aliphatic carbocycles. The molecule has 3 nitrogen and oxygen atoms in total. The van der Waals surface area contributed by atoms with Gasteiger partial charge in [-0.2, -0.15) is 0 Å². The van der Waals surface area contributed by atoms with Gasteiger partial charge < -0.3 is 10.2 Å². The van der Waals surface area contributed by atoms with Crippen molar-refractivity contribution in [1.82, 2.24) is 4.90 Å². The van der Waals surface area contributed by atoms with Gasteiger partial charge in [-0.15, -0.1) is 0 Å². The molecule has 1 saturated carbocycles. The van der Waals surface area contributed by atoms with Gasteiger partial charge in [0, 0.05) is 18.2 Å². The number of likely N-dealkylation sites (tertiary alicyclic amines) is 1. The topological polar surface area (TPSA) is 42.4 Å². The predicted octanol–water partition coefficient (Wildman–Crippen LogP) is 2.89. The van der Waals surface area contributed by atoms with Crippen molar-refractivity contribution >= 4 is 0 Å². The minimum absolute atomic E-state index is 0.591. The first-order valence-corrected chi connectivity index (χ1v) is 7.38. The summed E-state index contributed by atoms with van der Waals surface area (Å²) in [6.07, 6.45) is 10.2. The number of hydrogen-bond donors (Lipinski definition) is 1. The maximum Gasteiger partial charge on any atom is 0.122 e. The van der Waals surface area contributed by atoms with E-state index < -0.39 is 0 Å². The largest absolute Gasteiger partial charge is 0.468 e. The molecule has 1 atom stereocenters. The Hall–Kier alpha value is -0.800. The molecule has 1 aromatic heterocycles. The molecule has 1 aliphatic heterocycles. The number of rotatable bonds is 4. The van der Waals surface area contributed by atoms with Crippen LogP contribution in [0.1, 0.15) is 49.8 Å². The molecule has 1 saturated heterocycles. The summed E-state index contributed by atoms with van der Waals surface area (Å²) in [5.74, 6) is 2.02. The van der Waals surface area contributed by atoms with Crippen LogP contribution < -0.4 is 5.73 Å². The summed E-state index contributed by atoms with van der Waals surface area (Å²) < 4.78 is 5.61. The van der Waals surface area contributed by atoms with E-state index in [4.69, 9.17) is 10.2 Å². The Morgan fingerprint density at radius 3 is 2.83 bits per heavy atom. The maximum atomic E-state index is 5.75. The average Bonchev–Trinajstić information content (AvgIpc) is 3.09. The van der Waals surface area contributed by atoms with Gasteiger partial charge in [0.2, 0.25) is 0 Å². The van der Waals surface area contributed by atoms with Crippen LogP contribution in [0.4, 0.5) is 0 Å². The van der Waals surface area contributed by atoms with Crippen molar-refractivity contribution in [3.8, 4) is 0 Å². The molecule has 3 heteroatoms. The molecular formula is C15H24N2O. The molecule has 2 fully saturated rings. The van der Waals surface area contributed by atoms with Crippen molar-refractivity contribution in [2.24, 2.45) is 11.7 Å². The first kappa shape index (κ1) is 12.2. The van der Waals surface area contributed by atoms with Crippen LogP contribution in [0.25, 0.3) is 0 Å². The Bertz CT molecular complexity index is 382. The second-order valence-corrected chi connectivity index (χ2v) is 5.80. The van der Waals surface area contributed by atoms with E-state index >= 15 is 0 Å². The summed E-state index contributed by atoms with van der Waals surface area (Å²) in [5.41, 5.74) is 6.92. The molecule has 0 spiro atoms. The lowest BCUT2D eigenvalue weighted by Crippen LogP contribution is -2.34. The third-order valence-corrected chi connectivity index (χ3v) is 4.76. The molecule has 0 amide bonds. The molecule has 2 aliphatic rings. The van der Waals surface area contributed by atoms with Crippen molar-refractivity contribution in [3.05, 3.63) is 23.7 Å². The highest BCUT2D eigenvalue weighted by molar-refractivity contribution is 5.16. The van der Waals surface area contributed by atoms with Crippen molar-refractivity contribution < 1.29 is 4.42 Å². The number of hydrogen-bond acceptors (Lipinski definition) is 3. The third-order valence-electron chi connectivity index (χ3n) is 4.76. The van der Waals surface area contributed by atoms with E-state index in [-0.39, 0.29) is 0 Å². The van der Waals surface area contributed by atoms with E-state index in [2.05, 4.69) is 4.90 Å². The van der Waals surface area contributed by atoms with Crippen LogP contribution in [0.5, 0.6) is 0 Å². The van der Waals surface area contributed by atoms with Crippen molar-refractivity contribution in [3.63, 3.8) is 0 Å². The summed E-state index contributed by atoms with van der Waals surface area (Å²) in [5, 5.41) is 0. The Morgan fingerprint density at radius 1 is 1.22 bits per heavy atom. The van der Waals surface area contributed by atoms with Crippen LogP contribution in [-0.2, 0) is 13.1 Å². The van der Waals surface area contributed by atoms with Crippen LogP contribution in [0, 0.1) is 5.92 Å². The molecule has 0 aromatic carbocycles. The second-order valence-electron chi connectivity index (χ2n) is 5.80. The standard InChI is InChI=1S/C15H24N2O/c16-10-13-7-9-18-15(13)11-17-8-3-6-14(17)12-4-1-2-5-12/h7,9,12,14H,1-6,8,10-11,16H2.